The molecular formula is C22H31N5O4. The fraction of sp³-hybridized carbons (Fsp3) is 0.636. The van der Waals surface area contributed by atoms with Crippen LogP contribution in [-0.2, 0) is 14.3 Å². The lowest BCUT2D eigenvalue weighted by atomic mass is 10.1. The van der Waals surface area contributed by atoms with E-state index in [1.807, 2.05) is 9.80 Å². The summed E-state index contributed by atoms with van der Waals surface area (Å²) in [6.07, 6.45) is 5.43. The predicted molar refractivity (Wildman–Crippen MR) is 113 cm³/mol. The third kappa shape index (κ3) is 4.88. The van der Waals surface area contributed by atoms with Crippen molar-refractivity contribution in [3.8, 4) is 0 Å². The second-order valence-electron chi connectivity index (χ2n) is 8.48. The van der Waals surface area contributed by atoms with Crippen LogP contribution in [0.2, 0.25) is 0 Å². The van der Waals surface area contributed by atoms with Gasteiger partial charge in [0.05, 0.1) is 18.2 Å². The topological polar surface area (TPSA) is 95.1 Å². The van der Waals surface area contributed by atoms with E-state index in [0.29, 0.717) is 44.8 Å². The van der Waals surface area contributed by atoms with Gasteiger partial charge >= 0.3 is 0 Å². The van der Waals surface area contributed by atoms with Crippen molar-refractivity contribution in [1.29, 1.82) is 0 Å². The highest BCUT2D eigenvalue weighted by molar-refractivity contribution is 5.98. The number of ether oxygens (including phenoxy) is 1. The molecule has 2 aliphatic heterocycles. The van der Waals surface area contributed by atoms with E-state index in [4.69, 9.17) is 4.74 Å². The van der Waals surface area contributed by atoms with E-state index in [0.717, 1.165) is 25.9 Å². The van der Waals surface area contributed by atoms with Gasteiger partial charge in [-0.15, -0.1) is 0 Å². The molecular weight excluding hydrogens is 398 g/mol. The number of carbonyl (C=O) groups is 3. The van der Waals surface area contributed by atoms with Gasteiger partial charge in [0.25, 0.3) is 5.91 Å². The molecule has 1 saturated carbocycles. The number of likely N-dealkylation sites (tertiary alicyclic amines) is 1. The van der Waals surface area contributed by atoms with Crippen molar-refractivity contribution in [3.63, 3.8) is 0 Å². The van der Waals surface area contributed by atoms with Gasteiger partial charge in [0.15, 0.2) is 0 Å². The third-order valence-electron chi connectivity index (χ3n) is 6.35. The predicted octanol–water partition coefficient (Wildman–Crippen LogP) is -0.0185. The van der Waals surface area contributed by atoms with Gasteiger partial charge in [0.2, 0.25) is 11.8 Å². The Morgan fingerprint density at radius 2 is 2.03 bits per heavy atom. The van der Waals surface area contributed by atoms with Gasteiger partial charge in [-0.1, -0.05) is 0 Å². The highest BCUT2D eigenvalue weighted by Gasteiger charge is 2.46. The Hall–Kier alpha value is -2.52. The number of hydrogen-bond donors (Lipinski definition) is 1. The quantitative estimate of drug-likeness (QED) is 0.655. The Morgan fingerprint density at radius 1 is 1.26 bits per heavy atom. The first-order valence-electron chi connectivity index (χ1n) is 11.1. The number of hydrogen-bond acceptors (Lipinski definition) is 6. The highest BCUT2D eigenvalue weighted by Crippen LogP contribution is 2.34. The Bertz CT molecular complexity index is 794. The first-order chi connectivity index (χ1) is 15.1. The molecule has 1 N–H and O–H groups in total. The van der Waals surface area contributed by atoms with Crippen LogP contribution in [-0.4, -0.2) is 102 Å². The van der Waals surface area contributed by atoms with E-state index in [1.165, 1.54) is 6.20 Å². The van der Waals surface area contributed by atoms with Crippen LogP contribution in [0.25, 0.3) is 0 Å². The largest absolute Gasteiger partial charge is 0.383 e. The molecule has 0 bridgehead atoms. The third-order valence-corrected chi connectivity index (χ3v) is 6.35. The molecule has 3 heterocycles. The van der Waals surface area contributed by atoms with Gasteiger partial charge in [-0.05, 0) is 31.4 Å². The summed E-state index contributed by atoms with van der Waals surface area (Å²) in [5.74, 6) is -0.0604. The first kappa shape index (κ1) is 21.7. The molecule has 2 unspecified atom stereocenters. The number of carbonyl (C=O) groups excluding carboxylic acids is 3. The monoisotopic (exact) mass is 429 g/mol. The van der Waals surface area contributed by atoms with Crippen LogP contribution in [0.4, 0.5) is 0 Å². The van der Waals surface area contributed by atoms with E-state index in [1.54, 1.807) is 30.3 Å². The molecule has 1 aromatic heterocycles. The fourth-order valence-electron chi connectivity index (χ4n) is 4.48. The van der Waals surface area contributed by atoms with E-state index in [2.05, 4.69) is 10.3 Å². The van der Waals surface area contributed by atoms with E-state index in [-0.39, 0.29) is 29.7 Å². The molecule has 9 nitrogen and oxygen atoms in total. The summed E-state index contributed by atoms with van der Waals surface area (Å²) in [7, 11) is 1.61. The molecule has 1 aliphatic carbocycles. The Kier molecular flexibility index (Phi) is 6.82. The number of pyridine rings is 1. The van der Waals surface area contributed by atoms with Gasteiger partial charge in [-0.25, -0.2) is 0 Å². The lowest BCUT2D eigenvalue weighted by molar-refractivity contribution is -0.137. The summed E-state index contributed by atoms with van der Waals surface area (Å²) in [5.41, 5.74) is 0.457. The van der Waals surface area contributed by atoms with E-state index >= 15 is 0 Å². The zero-order chi connectivity index (χ0) is 21.8. The lowest BCUT2D eigenvalue weighted by Crippen LogP contribution is -2.53. The van der Waals surface area contributed by atoms with Crippen LogP contribution < -0.4 is 5.32 Å². The Labute approximate surface area is 182 Å². The van der Waals surface area contributed by atoms with Crippen molar-refractivity contribution in [1.82, 2.24) is 25.0 Å². The molecule has 0 aromatic carbocycles. The van der Waals surface area contributed by atoms with Crippen LogP contribution in [0.5, 0.6) is 0 Å². The Morgan fingerprint density at radius 3 is 2.68 bits per heavy atom. The maximum atomic E-state index is 13.4. The summed E-state index contributed by atoms with van der Waals surface area (Å²) >= 11 is 0. The van der Waals surface area contributed by atoms with Crippen molar-refractivity contribution < 1.29 is 19.1 Å². The standard InChI is InChI=1S/C22H31N5O4/c1-31-12-11-26(20(28)16-4-5-16)18-13-19(22(30)25-9-7-23-8-10-25)27(15-18)21(29)17-3-2-6-24-14-17/h2-3,6,14,16,18-19,23H,4-5,7-13,15H2,1H3. The van der Waals surface area contributed by atoms with Gasteiger partial charge in [0, 0.05) is 64.7 Å². The van der Waals surface area contributed by atoms with Crippen molar-refractivity contribution in [2.24, 2.45) is 5.92 Å². The maximum Gasteiger partial charge on any atom is 0.256 e. The molecule has 1 aromatic rings. The second-order valence-corrected chi connectivity index (χ2v) is 8.48. The van der Waals surface area contributed by atoms with Crippen LogP contribution in [0.3, 0.4) is 0 Å². The number of methoxy groups -OCH3 is 1. The average molecular weight is 430 g/mol. The van der Waals surface area contributed by atoms with Crippen molar-refractivity contribution in [3.05, 3.63) is 30.1 Å². The first-order valence-corrected chi connectivity index (χ1v) is 11.1. The maximum absolute atomic E-state index is 13.4. The number of nitrogens with zero attached hydrogens (tertiary/aromatic N) is 4. The average Bonchev–Trinajstić information content (AvgIpc) is 3.58. The summed E-state index contributed by atoms with van der Waals surface area (Å²) in [4.78, 5) is 49.1. The molecule has 0 radical (unpaired) electrons. The summed E-state index contributed by atoms with van der Waals surface area (Å²) in [6, 6.07) is 2.66. The Balaban J connectivity index is 1.57. The minimum absolute atomic E-state index is 0.0354. The normalized spacial score (nSPS) is 23.6. The number of amides is 3. The summed E-state index contributed by atoms with van der Waals surface area (Å²) in [6.45, 7) is 4.00. The molecule has 9 heteroatoms. The minimum Gasteiger partial charge on any atom is -0.383 e. The number of piperazine rings is 1. The smallest absolute Gasteiger partial charge is 0.256 e. The highest BCUT2D eigenvalue weighted by atomic mass is 16.5. The number of rotatable bonds is 7. The second kappa shape index (κ2) is 9.74. The molecule has 3 amide bonds. The zero-order valence-electron chi connectivity index (χ0n) is 18.0. The number of nitrogens with one attached hydrogen (secondary N) is 1. The van der Waals surface area contributed by atoms with Gasteiger partial charge < -0.3 is 24.8 Å². The zero-order valence-corrected chi connectivity index (χ0v) is 18.0. The van der Waals surface area contributed by atoms with E-state index < -0.39 is 6.04 Å². The number of aromatic nitrogens is 1. The molecule has 3 aliphatic rings. The lowest BCUT2D eigenvalue weighted by Gasteiger charge is -2.32. The van der Waals surface area contributed by atoms with Crippen molar-refractivity contribution >= 4 is 17.7 Å². The van der Waals surface area contributed by atoms with Gasteiger partial charge in [-0.3, -0.25) is 19.4 Å². The molecule has 2 atom stereocenters. The van der Waals surface area contributed by atoms with Crippen LogP contribution >= 0.6 is 0 Å². The van der Waals surface area contributed by atoms with Crippen LogP contribution in [0.15, 0.2) is 24.5 Å². The molecule has 31 heavy (non-hydrogen) atoms. The molecule has 168 valence electrons. The summed E-state index contributed by atoms with van der Waals surface area (Å²) < 4.78 is 5.23. The molecule has 4 rings (SSSR count). The SMILES string of the molecule is COCCN(C(=O)C1CC1)C1CC(C(=O)N2CCNCC2)N(C(=O)c2cccnc2)C1. The van der Waals surface area contributed by atoms with E-state index in [9.17, 15) is 14.4 Å². The van der Waals surface area contributed by atoms with Crippen molar-refractivity contribution in [2.45, 2.75) is 31.3 Å². The molecule has 0 spiro atoms. The van der Waals surface area contributed by atoms with Crippen LogP contribution in [0.1, 0.15) is 29.6 Å². The molecule has 2 saturated heterocycles. The molecule has 3 fully saturated rings. The van der Waals surface area contributed by atoms with Crippen molar-refractivity contribution in [2.75, 3.05) is 53.0 Å². The summed E-state index contributed by atoms with van der Waals surface area (Å²) in [5, 5.41) is 3.26. The fourth-order valence-corrected chi connectivity index (χ4v) is 4.48. The van der Waals surface area contributed by atoms with Gasteiger partial charge in [-0.2, -0.15) is 0 Å². The van der Waals surface area contributed by atoms with Crippen LogP contribution in [0, 0.1) is 5.92 Å². The van der Waals surface area contributed by atoms with Gasteiger partial charge in [0.1, 0.15) is 6.04 Å². The minimum atomic E-state index is -0.576.